The van der Waals surface area contributed by atoms with E-state index in [9.17, 15) is 8.78 Å². The molecule has 0 aliphatic carbocycles. The summed E-state index contributed by atoms with van der Waals surface area (Å²) in [7, 11) is 0. The molecule has 0 aromatic carbocycles. The molecule has 0 atom stereocenters. The van der Waals surface area contributed by atoms with Gasteiger partial charge in [-0.1, -0.05) is 0 Å². The Kier molecular flexibility index (Phi) is 10.8. The number of halogens is 3. The summed E-state index contributed by atoms with van der Waals surface area (Å²) in [6.07, 6.45) is -1.97. The molecule has 0 spiro atoms. The van der Waals surface area contributed by atoms with Gasteiger partial charge in [0, 0.05) is 0 Å². The second-order valence-electron chi connectivity index (χ2n) is 1.03. The summed E-state index contributed by atoms with van der Waals surface area (Å²) in [6, 6.07) is 0. The summed E-state index contributed by atoms with van der Waals surface area (Å²) in [5, 5.41) is 0.706. The van der Waals surface area contributed by atoms with Crippen molar-refractivity contribution in [2.24, 2.45) is 0 Å². The molecule has 0 aliphatic heterocycles. The Morgan fingerprint density at radius 2 is 1.86 bits per heavy atom. The molecule has 0 heterocycles. The van der Waals surface area contributed by atoms with Gasteiger partial charge in [-0.2, -0.15) is 0 Å². The van der Waals surface area contributed by atoms with Crippen LogP contribution >= 0.6 is 0 Å². The fourth-order valence-electron chi connectivity index (χ4n) is 0.154. The maximum absolute atomic E-state index is 11.1. The van der Waals surface area contributed by atoms with Crippen LogP contribution in [0.1, 0.15) is 6.42 Å². The summed E-state index contributed by atoms with van der Waals surface area (Å²) in [6.45, 7) is 0. The molecule has 0 bridgehead atoms. The zero-order chi connectivity index (χ0) is 4.99. The molecular formula is C3H5BrF2Zn. The Hall–Kier alpha value is 0.963. The van der Waals surface area contributed by atoms with Crippen molar-refractivity contribution >= 4 is 0 Å². The number of hydrogen-bond acceptors (Lipinski definition) is 0. The maximum Gasteiger partial charge on any atom is -1.00 e. The van der Waals surface area contributed by atoms with E-state index < -0.39 is 6.43 Å². The van der Waals surface area contributed by atoms with E-state index in [1.807, 2.05) is 0 Å². The van der Waals surface area contributed by atoms with Crippen LogP contribution in [-0.4, -0.2) is 6.43 Å². The Bertz CT molecular complexity index is 34.1. The van der Waals surface area contributed by atoms with E-state index in [4.69, 9.17) is 0 Å². The van der Waals surface area contributed by atoms with Crippen LogP contribution in [0.4, 0.5) is 8.78 Å². The van der Waals surface area contributed by atoms with E-state index >= 15 is 0 Å². The third-order valence-electron chi connectivity index (χ3n) is 0.422. The van der Waals surface area contributed by atoms with Crippen LogP contribution in [0.5, 0.6) is 0 Å². The molecule has 7 heavy (non-hydrogen) atoms. The van der Waals surface area contributed by atoms with E-state index in [1.165, 1.54) is 0 Å². The quantitative estimate of drug-likeness (QED) is 0.507. The molecule has 0 N–H and O–H groups in total. The van der Waals surface area contributed by atoms with E-state index in [-0.39, 0.29) is 23.4 Å². The molecule has 0 aromatic heterocycles. The van der Waals surface area contributed by atoms with Crippen LogP contribution in [0.25, 0.3) is 0 Å². The molecule has 0 saturated carbocycles. The monoisotopic (exact) mass is 222 g/mol. The van der Waals surface area contributed by atoms with Crippen molar-refractivity contribution in [3.8, 4) is 0 Å². The zero-order valence-electron chi connectivity index (χ0n) is 3.83. The Balaban J connectivity index is 0. The fraction of sp³-hybridized carbons (Fsp3) is 1.00. The van der Waals surface area contributed by atoms with Crippen molar-refractivity contribution in [2.75, 3.05) is 0 Å². The van der Waals surface area contributed by atoms with Crippen LogP contribution in [-0.2, 0) is 18.3 Å². The second-order valence-corrected chi connectivity index (χ2v) is 2.52. The summed E-state index contributed by atoms with van der Waals surface area (Å²) < 4.78 is 22.1. The van der Waals surface area contributed by atoms with Crippen molar-refractivity contribution in [3.05, 3.63) is 0 Å². The van der Waals surface area contributed by atoms with Gasteiger partial charge in [0.25, 0.3) is 0 Å². The Morgan fingerprint density at radius 3 is 1.86 bits per heavy atom. The normalized spacial score (nSPS) is 8.71. The topological polar surface area (TPSA) is 0 Å². The zero-order valence-corrected chi connectivity index (χ0v) is 8.39. The summed E-state index contributed by atoms with van der Waals surface area (Å²) in [4.78, 5) is 0. The third kappa shape index (κ3) is 10.9. The molecule has 0 saturated heterocycles. The molecule has 0 fully saturated rings. The predicted molar refractivity (Wildman–Crippen MR) is 15.4 cm³/mol. The first-order valence-electron chi connectivity index (χ1n) is 1.84. The van der Waals surface area contributed by atoms with Gasteiger partial charge in [-0.15, -0.1) is 0 Å². The summed E-state index contributed by atoms with van der Waals surface area (Å²) in [5.41, 5.74) is 0. The summed E-state index contributed by atoms with van der Waals surface area (Å²) in [5.74, 6) is 0. The smallest absolute Gasteiger partial charge is 1.00 e. The van der Waals surface area contributed by atoms with Crippen molar-refractivity contribution in [1.82, 2.24) is 0 Å². The predicted octanol–water partition coefficient (Wildman–Crippen LogP) is -1.39. The maximum atomic E-state index is 11.1. The van der Waals surface area contributed by atoms with Gasteiger partial charge in [-0.3, -0.25) is 0 Å². The van der Waals surface area contributed by atoms with Crippen LogP contribution in [0.2, 0.25) is 5.02 Å². The largest absolute Gasteiger partial charge is 1.00 e. The Morgan fingerprint density at radius 1 is 1.43 bits per heavy atom. The second kappa shape index (κ2) is 6.96. The molecule has 4 heteroatoms. The van der Waals surface area contributed by atoms with Crippen molar-refractivity contribution < 1.29 is 44.1 Å². The first kappa shape index (κ1) is 10.9. The van der Waals surface area contributed by atoms with Gasteiger partial charge in [0.1, 0.15) is 0 Å². The van der Waals surface area contributed by atoms with Gasteiger partial charge in [-0.25, -0.2) is 0 Å². The van der Waals surface area contributed by atoms with Gasteiger partial charge in [0.15, 0.2) is 0 Å². The van der Waals surface area contributed by atoms with E-state index in [1.54, 1.807) is 0 Å². The van der Waals surface area contributed by atoms with Gasteiger partial charge < -0.3 is 17.0 Å². The average molecular weight is 224 g/mol. The van der Waals surface area contributed by atoms with Gasteiger partial charge >= 0.3 is 44.9 Å². The number of hydrogen-bond donors (Lipinski definition) is 0. The molecule has 0 aromatic rings. The van der Waals surface area contributed by atoms with Crippen LogP contribution in [0.15, 0.2) is 0 Å². The van der Waals surface area contributed by atoms with Crippen LogP contribution in [0.3, 0.4) is 0 Å². The van der Waals surface area contributed by atoms with Gasteiger partial charge in [0.2, 0.25) is 0 Å². The number of rotatable bonds is 2. The van der Waals surface area contributed by atoms with Crippen molar-refractivity contribution in [3.63, 3.8) is 0 Å². The molecule has 0 amide bonds. The first-order valence-corrected chi connectivity index (χ1v) is 3.94. The average Bonchev–Trinajstić information content (AvgIpc) is 1.35. The van der Waals surface area contributed by atoms with Gasteiger partial charge in [-0.05, 0) is 0 Å². The SMILES string of the molecule is FC(F)C[CH2][Zn+].[Br-]. The van der Waals surface area contributed by atoms with E-state index in [0.717, 1.165) is 18.3 Å². The molecule has 0 nitrogen and oxygen atoms in total. The third-order valence-corrected chi connectivity index (χ3v) is 1.28. The molecule has 0 radical (unpaired) electrons. The molecular weight excluding hydrogens is 219 g/mol. The molecule has 40 valence electrons. The van der Waals surface area contributed by atoms with Gasteiger partial charge in [0.05, 0.1) is 0 Å². The minimum absolute atomic E-state index is 0. The molecule has 0 rings (SSSR count). The minimum atomic E-state index is -2.07. The van der Waals surface area contributed by atoms with Crippen molar-refractivity contribution in [1.29, 1.82) is 0 Å². The first-order chi connectivity index (χ1) is 2.77. The minimum Gasteiger partial charge on any atom is -1.00 e. The van der Waals surface area contributed by atoms with Crippen LogP contribution < -0.4 is 17.0 Å². The fourth-order valence-corrected chi connectivity index (χ4v) is 0.802. The van der Waals surface area contributed by atoms with Crippen LogP contribution in [0, 0.1) is 0 Å². The van der Waals surface area contributed by atoms with Crippen molar-refractivity contribution in [2.45, 2.75) is 17.9 Å². The number of alkyl halides is 2. The summed E-state index contributed by atoms with van der Waals surface area (Å²) >= 11 is 0.990. The molecule has 0 unspecified atom stereocenters. The van der Waals surface area contributed by atoms with E-state index in [0.29, 0.717) is 5.02 Å². The molecule has 0 aliphatic rings. The standard InChI is InChI=1S/C3H5F2.BrH.Zn/c1-2-3(4)5;;/h3H,1-2H2;1H;/q;;+1/p-1. The van der Waals surface area contributed by atoms with E-state index in [2.05, 4.69) is 0 Å². The Labute approximate surface area is 62.1 Å².